The van der Waals surface area contributed by atoms with Gasteiger partial charge >= 0.3 is 0 Å². The maximum absolute atomic E-state index is 11.9. The van der Waals surface area contributed by atoms with E-state index in [0.717, 1.165) is 11.5 Å². The summed E-state index contributed by atoms with van der Waals surface area (Å²) >= 11 is 6.87. The summed E-state index contributed by atoms with van der Waals surface area (Å²) in [6, 6.07) is 2.92. The molecule has 2 aromatic heterocycles. The Balaban J connectivity index is 2.20. The molecule has 9 heteroatoms. The fourth-order valence-corrected chi connectivity index (χ4v) is 2.00. The number of carbonyl (C=O) groups excluding carboxylic acids is 1. The van der Waals surface area contributed by atoms with Gasteiger partial charge in [0.1, 0.15) is 16.8 Å². The maximum Gasteiger partial charge on any atom is 0.257 e. The van der Waals surface area contributed by atoms with Crippen molar-refractivity contribution in [3.63, 3.8) is 0 Å². The van der Waals surface area contributed by atoms with E-state index in [4.69, 9.17) is 17.4 Å². The van der Waals surface area contributed by atoms with E-state index in [-0.39, 0.29) is 11.1 Å². The van der Waals surface area contributed by atoms with Crippen LogP contribution in [0.15, 0.2) is 12.1 Å². The summed E-state index contributed by atoms with van der Waals surface area (Å²) in [5.74, 6) is 5.78. The summed E-state index contributed by atoms with van der Waals surface area (Å²) in [6.45, 7) is 1.74. The molecule has 2 aromatic rings. The molecule has 0 saturated carbocycles. The number of hydrazine groups is 1. The number of pyridine rings is 1. The molecule has 0 aliphatic rings. The Kier molecular flexibility index (Phi) is 3.70. The lowest BCUT2D eigenvalue weighted by Crippen LogP contribution is -2.14. The third kappa shape index (κ3) is 2.92. The van der Waals surface area contributed by atoms with Crippen LogP contribution < -0.4 is 16.6 Å². The number of aromatic nitrogens is 3. The van der Waals surface area contributed by atoms with E-state index >= 15 is 0 Å². The van der Waals surface area contributed by atoms with Gasteiger partial charge in [0, 0.05) is 17.1 Å². The molecule has 18 heavy (non-hydrogen) atoms. The first kappa shape index (κ1) is 12.7. The normalized spacial score (nSPS) is 10.2. The molecule has 7 nitrogen and oxygen atoms in total. The van der Waals surface area contributed by atoms with Gasteiger partial charge in [-0.05, 0) is 19.1 Å². The number of nitrogen functional groups attached to an aromatic ring is 1. The third-order valence-electron chi connectivity index (χ3n) is 1.95. The molecule has 0 aromatic carbocycles. The predicted octanol–water partition coefficient (Wildman–Crippen LogP) is 1.43. The molecule has 2 rings (SSSR count). The number of carbonyl (C=O) groups is 1. The van der Waals surface area contributed by atoms with Gasteiger partial charge < -0.3 is 5.43 Å². The number of nitrogens with one attached hydrogen (secondary N) is 2. The molecule has 0 spiro atoms. The van der Waals surface area contributed by atoms with Crippen molar-refractivity contribution in [3.8, 4) is 0 Å². The molecule has 94 valence electrons. The summed E-state index contributed by atoms with van der Waals surface area (Å²) in [6.07, 6.45) is 0. The first-order chi connectivity index (χ1) is 8.58. The Labute approximate surface area is 112 Å². The van der Waals surface area contributed by atoms with Gasteiger partial charge in [0.25, 0.3) is 5.91 Å². The van der Waals surface area contributed by atoms with E-state index in [9.17, 15) is 4.79 Å². The highest BCUT2D eigenvalue weighted by molar-refractivity contribution is 7.09. The zero-order valence-electron chi connectivity index (χ0n) is 9.27. The van der Waals surface area contributed by atoms with Crippen molar-refractivity contribution in [2.24, 2.45) is 5.84 Å². The van der Waals surface area contributed by atoms with Gasteiger partial charge in [-0.3, -0.25) is 10.1 Å². The van der Waals surface area contributed by atoms with Crippen molar-refractivity contribution < 1.29 is 4.79 Å². The van der Waals surface area contributed by atoms with E-state index in [1.165, 1.54) is 12.1 Å². The molecule has 0 bridgehead atoms. The number of nitrogens with two attached hydrogens (primary N) is 1. The summed E-state index contributed by atoms with van der Waals surface area (Å²) in [5.41, 5.74) is 2.66. The van der Waals surface area contributed by atoms with Gasteiger partial charge in [-0.2, -0.15) is 4.37 Å². The Morgan fingerprint density at radius 3 is 2.83 bits per heavy atom. The third-order valence-corrected chi connectivity index (χ3v) is 2.87. The highest BCUT2D eigenvalue weighted by atomic mass is 35.5. The van der Waals surface area contributed by atoms with Crippen LogP contribution >= 0.6 is 23.1 Å². The Bertz CT molecular complexity index is 586. The number of halogens is 1. The average molecular weight is 285 g/mol. The highest BCUT2D eigenvalue weighted by Crippen LogP contribution is 2.16. The second-order valence-corrected chi connectivity index (χ2v) is 4.45. The van der Waals surface area contributed by atoms with Crippen LogP contribution in [0.1, 0.15) is 16.2 Å². The number of rotatable bonds is 3. The topological polar surface area (TPSA) is 106 Å². The van der Waals surface area contributed by atoms with Gasteiger partial charge in [0.2, 0.25) is 5.13 Å². The van der Waals surface area contributed by atoms with E-state index in [1.807, 2.05) is 0 Å². The molecule has 4 N–H and O–H groups in total. The molecule has 0 fully saturated rings. The predicted molar refractivity (Wildman–Crippen MR) is 69.7 cm³/mol. The van der Waals surface area contributed by atoms with Crippen LogP contribution in [-0.2, 0) is 0 Å². The van der Waals surface area contributed by atoms with Crippen molar-refractivity contribution in [1.82, 2.24) is 14.3 Å². The van der Waals surface area contributed by atoms with Gasteiger partial charge in [-0.25, -0.2) is 15.8 Å². The molecule has 0 unspecified atom stereocenters. The number of anilines is 2. The number of amides is 1. The first-order valence-corrected chi connectivity index (χ1v) is 5.99. The molecule has 0 aliphatic carbocycles. The molecule has 0 aliphatic heterocycles. The number of nitrogens with zero attached hydrogens (tertiary/aromatic N) is 3. The summed E-state index contributed by atoms with van der Waals surface area (Å²) in [7, 11) is 0. The van der Waals surface area contributed by atoms with Crippen LogP contribution in [0.2, 0.25) is 5.15 Å². The lowest BCUT2D eigenvalue weighted by molar-refractivity contribution is 0.102. The SMILES string of the molecule is Cc1nsc(NC(=O)c2cc(Cl)nc(NN)c2)n1. The van der Waals surface area contributed by atoms with Crippen molar-refractivity contribution >= 4 is 40.0 Å². The number of hydrogen-bond acceptors (Lipinski definition) is 7. The molecule has 1 amide bonds. The van der Waals surface area contributed by atoms with E-state index in [0.29, 0.717) is 22.3 Å². The largest absolute Gasteiger partial charge is 0.308 e. The van der Waals surface area contributed by atoms with E-state index in [1.54, 1.807) is 6.92 Å². The molecule has 0 atom stereocenters. The molecular weight excluding hydrogens is 276 g/mol. The standard InChI is InChI=1S/C9H9ClN6OS/c1-4-12-9(18-16-4)14-8(17)5-2-6(10)13-7(3-5)15-11/h2-3H,11H2,1H3,(H,13,15)(H,12,14,16,17). The van der Waals surface area contributed by atoms with Gasteiger partial charge in [-0.15, -0.1) is 0 Å². The minimum absolute atomic E-state index is 0.170. The second kappa shape index (κ2) is 5.25. The summed E-state index contributed by atoms with van der Waals surface area (Å²) in [5, 5.41) is 3.20. The highest BCUT2D eigenvalue weighted by Gasteiger charge is 2.11. The zero-order valence-corrected chi connectivity index (χ0v) is 10.8. The minimum Gasteiger partial charge on any atom is -0.308 e. The molecule has 0 saturated heterocycles. The molecule has 2 heterocycles. The van der Waals surface area contributed by atoms with E-state index < -0.39 is 0 Å². The van der Waals surface area contributed by atoms with Crippen LogP contribution in [0.3, 0.4) is 0 Å². The number of hydrogen-bond donors (Lipinski definition) is 3. The van der Waals surface area contributed by atoms with Gasteiger partial charge in [0.15, 0.2) is 0 Å². The summed E-state index contributed by atoms with van der Waals surface area (Å²) in [4.78, 5) is 19.8. The Hall–Kier alpha value is -1.77. The molecular formula is C9H9ClN6OS. The van der Waals surface area contributed by atoms with Crippen LogP contribution in [-0.4, -0.2) is 20.2 Å². The van der Waals surface area contributed by atoms with Gasteiger partial charge in [0.05, 0.1) is 0 Å². The fraction of sp³-hybridized carbons (Fsp3) is 0.111. The van der Waals surface area contributed by atoms with Crippen molar-refractivity contribution in [1.29, 1.82) is 0 Å². The van der Waals surface area contributed by atoms with Crippen molar-refractivity contribution in [2.45, 2.75) is 6.92 Å². The van der Waals surface area contributed by atoms with Crippen molar-refractivity contribution in [3.05, 3.63) is 28.7 Å². The minimum atomic E-state index is -0.355. The smallest absolute Gasteiger partial charge is 0.257 e. The lowest BCUT2D eigenvalue weighted by Gasteiger charge is -2.04. The van der Waals surface area contributed by atoms with Crippen LogP contribution in [0.4, 0.5) is 10.9 Å². The van der Waals surface area contributed by atoms with Gasteiger partial charge in [-0.1, -0.05) is 11.6 Å². The Morgan fingerprint density at radius 2 is 2.22 bits per heavy atom. The Morgan fingerprint density at radius 1 is 1.44 bits per heavy atom. The fourth-order valence-electron chi connectivity index (χ4n) is 1.22. The first-order valence-electron chi connectivity index (χ1n) is 4.84. The number of aryl methyl sites for hydroxylation is 1. The van der Waals surface area contributed by atoms with Crippen LogP contribution in [0.25, 0.3) is 0 Å². The average Bonchev–Trinajstić information content (AvgIpc) is 2.73. The second-order valence-electron chi connectivity index (χ2n) is 3.31. The van der Waals surface area contributed by atoms with Crippen molar-refractivity contribution in [2.75, 3.05) is 10.7 Å². The van der Waals surface area contributed by atoms with Crippen LogP contribution in [0, 0.1) is 6.92 Å². The summed E-state index contributed by atoms with van der Waals surface area (Å²) < 4.78 is 3.96. The zero-order chi connectivity index (χ0) is 13.1. The quantitative estimate of drug-likeness (QED) is 0.447. The van der Waals surface area contributed by atoms with E-state index in [2.05, 4.69) is 25.1 Å². The lowest BCUT2D eigenvalue weighted by atomic mass is 10.2. The molecule has 0 radical (unpaired) electrons. The van der Waals surface area contributed by atoms with Crippen LogP contribution in [0.5, 0.6) is 0 Å². The maximum atomic E-state index is 11.9. The monoisotopic (exact) mass is 284 g/mol.